The van der Waals surface area contributed by atoms with Crippen LogP contribution in [-0.4, -0.2) is 4.57 Å². The van der Waals surface area contributed by atoms with Gasteiger partial charge in [0.05, 0.1) is 21.9 Å². The quantitative estimate of drug-likeness (QED) is 0.147. The second kappa shape index (κ2) is 16.8. The first-order chi connectivity index (χ1) is 36.7. The fourth-order valence-corrected chi connectivity index (χ4v) is 14.2. The summed E-state index contributed by atoms with van der Waals surface area (Å²) in [4.78, 5) is 2.47. The van der Waals surface area contributed by atoms with Crippen LogP contribution < -0.4 is 4.90 Å². The van der Waals surface area contributed by atoms with Gasteiger partial charge in [-0.1, -0.05) is 218 Å². The van der Waals surface area contributed by atoms with Crippen molar-refractivity contribution < 1.29 is 0 Å². The lowest BCUT2D eigenvalue weighted by atomic mass is 9.48. The second-order valence-electron chi connectivity index (χ2n) is 20.6. The second-order valence-corrected chi connectivity index (χ2v) is 20.6. The number of fused-ring (bicyclic) bond motifs is 10. The predicted molar refractivity (Wildman–Crippen MR) is 309 cm³/mol. The van der Waals surface area contributed by atoms with E-state index in [0.717, 1.165) is 35.6 Å². The Hall–Kier alpha value is -8.98. The molecule has 0 fully saturated rings. The van der Waals surface area contributed by atoms with Gasteiger partial charge in [0.15, 0.2) is 0 Å². The first-order valence-electron chi connectivity index (χ1n) is 26.3. The van der Waals surface area contributed by atoms with Crippen LogP contribution in [0.5, 0.6) is 0 Å². The van der Waals surface area contributed by atoms with Gasteiger partial charge >= 0.3 is 0 Å². The monoisotopic (exact) mass is 944 g/mol. The fourth-order valence-electron chi connectivity index (χ4n) is 14.2. The highest BCUT2D eigenvalue weighted by atomic mass is 15.1. The molecule has 4 aliphatic carbocycles. The summed E-state index contributed by atoms with van der Waals surface area (Å²) in [5.41, 5.74) is 19.6. The molecule has 74 heavy (non-hydrogen) atoms. The van der Waals surface area contributed by atoms with E-state index in [9.17, 15) is 0 Å². The number of para-hydroxylation sites is 1. The Morgan fingerprint density at radius 1 is 0.432 bits per heavy atom. The molecule has 0 saturated carbocycles. The van der Waals surface area contributed by atoms with Crippen LogP contribution in [0.2, 0.25) is 0 Å². The van der Waals surface area contributed by atoms with Crippen molar-refractivity contribution in [2.45, 2.75) is 23.7 Å². The maximum Gasteiger partial charge on any atom is 0.0547 e. The van der Waals surface area contributed by atoms with E-state index in [1.54, 1.807) is 0 Å². The standard InChI is InChI=1S/C72H52N2/c1-4-20-49(21-5-1)50-38-41-55(42-39-50)73(56-43-45-57(46-44-56)74-67-37-17-13-31-62(67)69-59-29-11-10-22-51(59)40-47-68(69)74)58-28-18-27-54(48-58)71(52-23-6-2-7-24-52)64-34-15-16-35-65(64)72(53-25-8-3-9-26-53)63-33-14-12-30-60(63)61-32-19-36-66(71)70(61)72/h1-23,25-32,34-48,52,63H,24,33H2. The zero-order valence-corrected chi connectivity index (χ0v) is 41.0. The number of nitrogens with zero attached hydrogens (tertiary/aromatic N) is 2. The molecule has 10 aromatic carbocycles. The maximum absolute atomic E-state index is 2.53. The van der Waals surface area contributed by atoms with E-state index in [2.05, 4.69) is 289 Å². The number of allylic oxidation sites excluding steroid dienone is 8. The van der Waals surface area contributed by atoms with Crippen LogP contribution in [0.1, 0.15) is 51.8 Å². The van der Waals surface area contributed by atoms with Crippen LogP contribution in [0.4, 0.5) is 17.1 Å². The molecule has 2 heteroatoms. The first kappa shape index (κ1) is 42.7. The van der Waals surface area contributed by atoms with Crippen LogP contribution in [-0.2, 0) is 10.8 Å². The van der Waals surface area contributed by atoms with E-state index in [4.69, 9.17) is 0 Å². The van der Waals surface area contributed by atoms with Crippen LogP contribution in [0.3, 0.4) is 0 Å². The van der Waals surface area contributed by atoms with Gasteiger partial charge in [-0.2, -0.15) is 0 Å². The molecule has 1 aromatic heterocycles. The molecule has 11 aromatic rings. The molecule has 0 aliphatic heterocycles. The summed E-state index contributed by atoms with van der Waals surface area (Å²) < 4.78 is 2.44. The average Bonchev–Trinajstić information content (AvgIpc) is 4.08. The lowest BCUT2D eigenvalue weighted by Gasteiger charge is -2.53. The van der Waals surface area contributed by atoms with Gasteiger partial charge in [-0.3, -0.25) is 0 Å². The van der Waals surface area contributed by atoms with Crippen molar-refractivity contribution >= 4 is 55.2 Å². The summed E-state index contributed by atoms with van der Waals surface area (Å²) in [5.74, 6) is 0.428. The smallest absolute Gasteiger partial charge is 0.0547 e. The lowest BCUT2D eigenvalue weighted by molar-refractivity contribution is 0.389. The molecule has 0 saturated heterocycles. The van der Waals surface area contributed by atoms with Crippen molar-refractivity contribution in [2.24, 2.45) is 11.8 Å². The third-order valence-electron chi connectivity index (χ3n) is 17.1. The fraction of sp³-hybridized carbons (Fsp3) is 0.0833. The minimum atomic E-state index is -0.521. The Kier molecular flexibility index (Phi) is 9.69. The molecule has 15 rings (SSSR count). The highest BCUT2D eigenvalue weighted by molar-refractivity contribution is 6.21. The van der Waals surface area contributed by atoms with Crippen LogP contribution in [0.15, 0.2) is 279 Å². The molecule has 0 amide bonds. The summed E-state index contributed by atoms with van der Waals surface area (Å²) in [6, 6.07) is 89.1. The molecule has 1 heterocycles. The van der Waals surface area contributed by atoms with Crippen molar-refractivity contribution in [1.82, 2.24) is 4.57 Å². The van der Waals surface area contributed by atoms with Gasteiger partial charge in [-0.05, 0) is 146 Å². The topological polar surface area (TPSA) is 8.17 Å². The van der Waals surface area contributed by atoms with Gasteiger partial charge < -0.3 is 9.47 Å². The van der Waals surface area contributed by atoms with Crippen LogP contribution >= 0.6 is 0 Å². The zero-order valence-electron chi connectivity index (χ0n) is 41.0. The lowest BCUT2D eigenvalue weighted by Crippen LogP contribution is -2.49. The molecule has 0 radical (unpaired) electrons. The molecular weight excluding hydrogens is 893 g/mol. The first-order valence-corrected chi connectivity index (χ1v) is 26.3. The Labute approximate surface area is 432 Å². The Morgan fingerprint density at radius 3 is 1.88 bits per heavy atom. The Bertz CT molecular complexity index is 4130. The van der Waals surface area contributed by atoms with Crippen molar-refractivity contribution in [1.29, 1.82) is 0 Å². The van der Waals surface area contributed by atoms with Crippen molar-refractivity contribution in [3.63, 3.8) is 0 Å². The molecule has 0 bridgehead atoms. The molecular formula is C72H52N2. The molecule has 0 N–H and O–H groups in total. The van der Waals surface area contributed by atoms with E-state index in [1.165, 1.54) is 88.2 Å². The number of anilines is 3. The maximum atomic E-state index is 2.53. The van der Waals surface area contributed by atoms with E-state index < -0.39 is 5.41 Å². The number of benzene rings is 10. The summed E-state index contributed by atoms with van der Waals surface area (Å²) >= 11 is 0. The number of hydrogen-bond acceptors (Lipinski definition) is 1. The van der Waals surface area contributed by atoms with E-state index >= 15 is 0 Å². The largest absolute Gasteiger partial charge is 0.310 e. The molecule has 0 spiro atoms. The van der Waals surface area contributed by atoms with Gasteiger partial charge in [0.2, 0.25) is 0 Å². The SMILES string of the molecule is C1=CCC(C2(c3cccc(N(c4ccc(-c5ccccc5)cc4)c4ccc(-n5c6ccccc6c6c7ccccc7ccc65)cc4)c3)c3ccccc3C3(c4ccccc4)c4c(cccc42)C2=CC=CCC23)C=C1. The molecule has 350 valence electrons. The zero-order chi connectivity index (χ0) is 48.8. The molecule has 4 aliphatic rings. The van der Waals surface area contributed by atoms with Gasteiger partial charge in [0.1, 0.15) is 0 Å². The predicted octanol–water partition coefficient (Wildman–Crippen LogP) is 18.2. The molecule has 4 unspecified atom stereocenters. The summed E-state index contributed by atoms with van der Waals surface area (Å²) in [6.07, 6.45) is 18.4. The number of rotatable bonds is 8. The van der Waals surface area contributed by atoms with Crippen LogP contribution in [0, 0.1) is 11.8 Å². The van der Waals surface area contributed by atoms with Gasteiger partial charge in [-0.25, -0.2) is 0 Å². The molecule has 2 nitrogen and oxygen atoms in total. The average molecular weight is 945 g/mol. The van der Waals surface area contributed by atoms with Crippen molar-refractivity contribution in [2.75, 3.05) is 4.90 Å². The Balaban J connectivity index is 0.951. The minimum Gasteiger partial charge on any atom is -0.310 e. The number of hydrogen-bond donors (Lipinski definition) is 0. The normalized spacial score (nSPS) is 20.1. The van der Waals surface area contributed by atoms with Gasteiger partial charge in [0.25, 0.3) is 0 Å². The Morgan fingerprint density at radius 2 is 1.08 bits per heavy atom. The van der Waals surface area contributed by atoms with Gasteiger partial charge in [0, 0.05) is 39.4 Å². The van der Waals surface area contributed by atoms with E-state index in [-0.39, 0.29) is 17.3 Å². The third kappa shape index (κ3) is 6.06. The summed E-state index contributed by atoms with van der Waals surface area (Å²) in [7, 11) is 0. The highest BCUT2D eigenvalue weighted by Crippen LogP contribution is 2.68. The summed E-state index contributed by atoms with van der Waals surface area (Å²) in [6.45, 7) is 0. The van der Waals surface area contributed by atoms with Crippen molar-refractivity contribution in [3.8, 4) is 16.8 Å². The van der Waals surface area contributed by atoms with Gasteiger partial charge in [-0.15, -0.1) is 0 Å². The highest BCUT2D eigenvalue weighted by Gasteiger charge is 2.61. The number of aromatic nitrogens is 1. The minimum absolute atomic E-state index is 0.153. The van der Waals surface area contributed by atoms with Crippen LogP contribution in [0.25, 0.3) is 55.0 Å². The summed E-state index contributed by atoms with van der Waals surface area (Å²) in [5, 5.41) is 5.08. The van der Waals surface area contributed by atoms with E-state index in [1.807, 2.05) is 0 Å². The molecule has 4 atom stereocenters. The van der Waals surface area contributed by atoms with E-state index in [0.29, 0.717) is 0 Å². The third-order valence-corrected chi connectivity index (χ3v) is 17.1. The van der Waals surface area contributed by atoms with Crippen molar-refractivity contribution in [3.05, 3.63) is 318 Å².